The van der Waals surface area contributed by atoms with Crippen LogP contribution in [0, 0.1) is 0 Å². The average Bonchev–Trinajstić information content (AvgIpc) is 3.41. The van der Waals surface area contributed by atoms with Crippen molar-refractivity contribution in [3.8, 4) is 5.75 Å². The number of thiophene rings is 1. The number of methoxy groups -OCH3 is 1. The van der Waals surface area contributed by atoms with Crippen molar-refractivity contribution in [3.63, 3.8) is 0 Å². The van der Waals surface area contributed by atoms with E-state index in [1.54, 1.807) is 12.0 Å². The molecule has 0 bridgehead atoms. The van der Waals surface area contributed by atoms with Crippen LogP contribution in [0.2, 0.25) is 0 Å². The molecule has 0 fully saturated rings. The van der Waals surface area contributed by atoms with Crippen LogP contribution in [-0.4, -0.2) is 23.8 Å². The molecule has 3 aromatic carbocycles. The van der Waals surface area contributed by atoms with E-state index in [1.165, 1.54) is 11.3 Å². The van der Waals surface area contributed by atoms with Gasteiger partial charge in [0, 0.05) is 18.0 Å². The SMILES string of the molecule is COc1cccc(CN(C(=O)Cc2cccs2)[C@H](C(=O)NCc2ccccc2)c2ccccc2)c1. The van der Waals surface area contributed by atoms with Crippen LogP contribution >= 0.6 is 11.3 Å². The molecular weight excluding hydrogens is 456 g/mol. The molecule has 1 atom stereocenters. The van der Waals surface area contributed by atoms with Gasteiger partial charge in [0.25, 0.3) is 0 Å². The minimum Gasteiger partial charge on any atom is -0.497 e. The van der Waals surface area contributed by atoms with Crippen molar-refractivity contribution in [3.05, 3.63) is 124 Å². The smallest absolute Gasteiger partial charge is 0.247 e. The van der Waals surface area contributed by atoms with Crippen molar-refractivity contribution in [2.45, 2.75) is 25.6 Å². The van der Waals surface area contributed by atoms with E-state index in [4.69, 9.17) is 4.74 Å². The minimum atomic E-state index is -0.779. The standard InChI is InChI=1S/C29H28N2O3S/c1-34-25-15-8-12-23(18-25)21-31(27(32)19-26-16-9-17-35-26)28(24-13-6-3-7-14-24)29(33)30-20-22-10-4-2-5-11-22/h2-18,28H,19-21H2,1H3,(H,30,33)/t28-/m0/s1. The number of amides is 2. The quantitative estimate of drug-likeness (QED) is 0.329. The molecule has 0 radical (unpaired) electrons. The number of carbonyl (C=O) groups excluding carboxylic acids is 2. The molecule has 4 aromatic rings. The van der Waals surface area contributed by atoms with Crippen LogP contribution in [-0.2, 0) is 29.1 Å². The monoisotopic (exact) mass is 484 g/mol. The van der Waals surface area contributed by atoms with Gasteiger partial charge in [-0.15, -0.1) is 11.3 Å². The molecular formula is C29H28N2O3S. The van der Waals surface area contributed by atoms with E-state index in [1.807, 2.05) is 102 Å². The number of benzene rings is 3. The Hall–Kier alpha value is -3.90. The first-order valence-corrected chi connectivity index (χ1v) is 12.3. The molecule has 6 heteroatoms. The summed E-state index contributed by atoms with van der Waals surface area (Å²) in [6.07, 6.45) is 0.233. The highest BCUT2D eigenvalue weighted by Crippen LogP contribution is 2.26. The van der Waals surface area contributed by atoms with Crippen molar-refractivity contribution in [1.82, 2.24) is 10.2 Å². The Balaban J connectivity index is 1.67. The number of ether oxygens (including phenoxy) is 1. The lowest BCUT2D eigenvalue weighted by Crippen LogP contribution is -2.43. The zero-order valence-corrected chi connectivity index (χ0v) is 20.4. The Bertz CT molecular complexity index is 1230. The molecule has 0 spiro atoms. The maximum atomic E-state index is 13.7. The van der Waals surface area contributed by atoms with Crippen LogP contribution in [0.4, 0.5) is 0 Å². The molecule has 1 N–H and O–H groups in total. The van der Waals surface area contributed by atoms with E-state index in [9.17, 15) is 9.59 Å². The van der Waals surface area contributed by atoms with Gasteiger partial charge in [0.05, 0.1) is 13.5 Å². The van der Waals surface area contributed by atoms with Crippen molar-refractivity contribution < 1.29 is 14.3 Å². The number of carbonyl (C=O) groups is 2. The highest BCUT2D eigenvalue weighted by molar-refractivity contribution is 7.10. The Kier molecular flexibility index (Phi) is 8.30. The molecule has 0 saturated heterocycles. The largest absolute Gasteiger partial charge is 0.497 e. The van der Waals surface area contributed by atoms with E-state index in [0.29, 0.717) is 12.3 Å². The Morgan fingerprint density at radius 1 is 0.886 bits per heavy atom. The third-order valence-corrected chi connectivity index (χ3v) is 6.57. The van der Waals surface area contributed by atoms with E-state index >= 15 is 0 Å². The van der Waals surface area contributed by atoms with Gasteiger partial charge in [-0.3, -0.25) is 9.59 Å². The number of rotatable bonds is 10. The molecule has 0 unspecified atom stereocenters. The third-order valence-electron chi connectivity index (χ3n) is 5.70. The van der Waals surface area contributed by atoms with Crippen LogP contribution in [0.15, 0.2) is 102 Å². The van der Waals surface area contributed by atoms with Crippen molar-refractivity contribution in [2.24, 2.45) is 0 Å². The van der Waals surface area contributed by atoms with Gasteiger partial charge in [-0.25, -0.2) is 0 Å². The fraction of sp³-hybridized carbons (Fsp3) is 0.172. The van der Waals surface area contributed by atoms with E-state index < -0.39 is 6.04 Å². The van der Waals surface area contributed by atoms with Crippen LogP contribution in [0.1, 0.15) is 27.6 Å². The lowest BCUT2D eigenvalue weighted by atomic mass is 10.0. The number of hydrogen-bond acceptors (Lipinski definition) is 4. The fourth-order valence-electron chi connectivity index (χ4n) is 3.94. The summed E-state index contributed by atoms with van der Waals surface area (Å²) >= 11 is 1.54. The first-order chi connectivity index (χ1) is 17.1. The molecule has 178 valence electrons. The molecule has 1 heterocycles. The summed E-state index contributed by atoms with van der Waals surface area (Å²) in [5, 5.41) is 5.00. The first-order valence-electron chi connectivity index (χ1n) is 11.5. The summed E-state index contributed by atoms with van der Waals surface area (Å²) in [5.74, 6) is 0.374. The van der Waals surface area contributed by atoms with E-state index in [-0.39, 0.29) is 24.8 Å². The number of hydrogen-bond donors (Lipinski definition) is 1. The van der Waals surface area contributed by atoms with Crippen LogP contribution in [0.3, 0.4) is 0 Å². The van der Waals surface area contributed by atoms with Crippen molar-refractivity contribution >= 4 is 23.2 Å². The number of nitrogens with zero attached hydrogens (tertiary/aromatic N) is 1. The van der Waals surface area contributed by atoms with Gasteiger partial charge in [-0.1, -0.05) is 78.9 Å². The summed E-state index contributed by atoms with van der Waals surface area (Å²) in [6.45, 7) is 0.662. The van der Waals surface area contributed by atoms with Crippen LogP contribution in [0.25, 0.3) is 0 Å². The zero-order chi connectivity index (χ0) is 24.5. The fourth-order valence-corrected chi connectivity index (χ4v) is 4.64. The predicted molar refractivity (Wildman–Crippen MR) is 139 cm³/mol. The maximum Gasteiger partial charge on any atom is 0.247 e. The molecule has 0 saturated carbocycles. The zero-order valence-electron chi connectivity index (χ0n) is 19.6. The van der Waals surface area contributed by atoms with Crippen LogP contribution in [0.5, 0.6) is 5.75 Å². The summed E-state index contributed by atoms with van der Waals surface area (Å²) in [7, 11) is 1.61. The van der Waals surface area contributed by atoms with Crippen molar-refractivity contribution in [2.75, 3.05) is 7.11 Å². The molecule has 0 aliphatic heterocycles. The molecule has 1 aromatic heterocycles. The van der Waals surface area contributed by atoms with Gasteiger partial charge in [0.1, 0.15) is 11.8 Å². The second kappa shape index (κ2) is 12.0. The average molecular weight is 485 g/mol. The Labute approximate surface area is 210 Å². The normalized spacial score (nSPS) is 11.5. The third kappa shape index (κ3) is 6.58. The molecule has 35 heavy (non-hydrogen) atoms. The second-order valence-electron chi connectivity index (χ2n) is 8.15. The predicted octanol–water partition coefficient (Wildman–Crippen LogP) is 5.39. The second-order valence-corrected chi connectivity index (χ2v) is 9.18. The van der Waals surface area contributed by atoms with Gasteiger partial charge in [0.2, 0.25) is 11.8 Å². The summed E-state index contributed by atoms with van der Waals surface area (Å²) in [4.78, 5) is 30.0. The van der Waals surface area contributed by atoms with Gasteiger partial charge < -0.3 is 15.0 Å². The highest BCUT2D eigenvalue weighted by Gasteiger charge is 2.31. The van der Waals surface area contributed by atoms with E-state index in [0.717, 1.165) is 21.6 Å². The lowest BCUT2D eigenvalue weighted by Gasteiger charge is -2.32. The summed E-state index contributed by atoms with van der Waals surface area (Å²) in [6, 6.07) is 29.9. The first kappa shape index (κ1) is 24.2. The molecule has 0 aliphatic rings. The van der Waals surface area contributed by atoms with Crippen LogP contribution < -0.4 is 10.1 Å². The van der Waals surface area contributed by atoms with Gasteiger partial charge in [-0.05, 0) is 40.3 Å². The van der Waals surface area contributed by atoms with Crippen molar-refractivity contribution in [1.29, 1.82) is 0 Å². The molecule has 0 aliphatic carbocycles. The summed E-state index contributed by atoms with van der Waals surface area (Å²) < 4.78 is 5.38. The van der Waals surface area contributed by atoms with Gasteiger partial charge in [-0.2, -0.15) is 0 Å². The maximum absolute atomic E-state index is 13.7. The Morgan fingerprint density at radius 3 is 2.29 bits per heavy atom. The minimum absolute atomic E-state index is 0.112. The molecule has 2 amide bonds. The van der Waals surface area contributed by atoms with Gasteiger partial charge in [0.15, 0.2) is 0 Å². The molecule has 5 nitrogen and oxygen atoms in total. The lowest BCUT2D eigenvalue weighted by molar-refractivity contribution is -0.141. The number of nitrogens with one attached hydrogen (secondary N) is 1. The molecule has 4 rings (SSSR count). The summed E-state index contributed by atoms with van der Waals surface area (Å²) in [5.41, 5.74) is 2.65. The Morgan fingerprint density at radius 2 is 1.60 bits per heavy atom. The topological polar surface area (TPSA) is 58.6 Å². The van der Waals surface area contributed by atoms with Gasteiger partial charge >= 0.3 is 0 Å². The van der Waals surface area contributed by atoms with E-state index in [2.05, 4.69) is 5.32 Å². The highest BCUT2D eigenvalue weighted by atomic mass is 32.1.